The number of carbonyl (C=O) groups is 2. The van der Waals surface area contributed by atoms with Crippen molar-refractivity contribution in [3.63, 3.8) is 0 Å². The molecule has 0 aromatic heterocycles. The number of ether oxygens (including phenoxy) is 1. The number of hydrogen-bond acceptors (Lipinski definition) is 5. The zero-order valence-electron chi connectivity index (χ0n) is 43.5. The third-order valence-corrected chi connectivity index (χ3v) is 13.2. The van der Waals surface area contributed by atoms with Crippen LogP contribution in [0.4, 0.5) is 0 Å². The highest BCUT2D eigenvalue weighted by molar-refractivity contribution is 5.76. The molecule has 6 nitrogen and oxygen atoms in total. The molecule has 0 rings (SSSR count). The molecule has 0 saturated heterocycles. The van der Waals surface area contributed by atoms with Crippen LogP contribution in [-0.2, 0) is 14.3 Å². The molecule has 0 spiro atoms. The van der Waals surface area contributed by atoms with Gasteiger partial charge in [0, 0.05) is 12.8 Å². The molecule has 0 aromatic rings. The van der Waals surface area contributed by atoms with Crippen LogP contribution in [0.1, 0.15) is 303 Å². The Bertz CT molecular complexity index is 1060. The van der Waals surface area contributed by atoms with Crippen LogP contribution < -0.4 is 5.32 Å². The van der Waals surface area contributed by atoms with E-state index in [1.165, 1.54) is 205 Å². The predicted molar refractivity (Wildman–Crippen MR) is 283 cm³/mol. The van der Waals surface area contributed by atoms with E-state index >= 15 is 0 Å². The van der Waals surface area contributed by atoms with Crippen LogP contribution in [0.25, 0.3) is 0 Å². The van der Waals surface area contributed by atoms with Gasteiger partial charge in [0.15, 0.2) is 0 Å². The molecule has 0 aromatic carbocycles. The van der Waals surface area contributed by atoms with Gasteiger partial charge in [0.2, 0.25) is 5.91 Å². The number of allylic oxidation sites excluding steroid dienone is 5. The summed E-state index contributed by atoms with van der Waals surface area (Å²) in [7, 11) is 0. The predicted octanol–water partition coefficient (Wildman–Crippen LogP) is 17.6. The standard InChI is InChI=1S/C59H111NO5/c1-3-5-7-9-11-13-15-17-19-20-21-22-23-24-25-26-27-28-29-30-32-35-39-43-47-51-57(62)56(55-61)60-58(63)52-48-44-40-36-34-38-42-46-50-54-65-59(64)53-49-45-41-37-33-31-18-16-14-12-10-8-6-4-2/h10,12,16,18,47,51,56-57,61-62H,3-9,11,13-15,17,19-46,48-50,52-55H2,1-2H3,(H,60,63)/b12-10-,18-16-,51-47+. The molecular weight excluding hydrogens is 803 g/mol. The van der Waals surface area contributed by atoms with Gasteiger partial charge in [-0.3, -0.25) is 9.59 Å². The summed E-state index contributed by atoms with van der Waals surface area (Å²) in [5.74, 6) is -0.136. The SMILES string of the molecule is CCCC/C=C\C/C=C\CCCCCCCC(=O)OCCCCCCCCCCCC(=O)NC(CO)C(O)/C=C/CCCCCCCCCCCCCCCCCCCCCCCCC. The molecule has 382 valence electrons. The molecular formula is C59H111NO5. The van der Waals surface area contributed by atoms with E-state index in [0.29, 0.717) is 19.4 Å². The number of unbranched alkanes of at least 4 members (excludes halogenated alkanes) is 38. The second kappa shape index (κ2) is 54.7. The summed E-state index contributed by atoms with van der Waals surface area (Å²) in [6.45, 7) is 4.80. The van der Waals surface area contributed by atoms with Crippen molar-refractivity contribution in [2.45, 2.75) is 315 Å². The first kappa shape index (κ1) is 63.1. The lowest BCUT2D eigenvalue weighted by Gasteiger charge is -2.20. The number of aliphatic hydroxyl groups is 2. The van der Waals surface area contributed by atoms with E-state index in [1.807, 2.05) is 6.08 Å². The van der Waals surface area contributed by atoms with E-state index in [-0.39, 0.29) is 18.5 Å². The summed E-state index contributed by atoms with van der Waals surface area (Å²) in [4.78, 5) is 24.5. The highest BCUT2D eigenvalue weighted by atomic mass is 16.5. The largest absolute Gasteiger partial charge is 0.466 e. The van der Waals surface area contributed by atoms with Crippen LogP contribution >= 0.6 is 0 Å². The summed E-state index contributed by atoms with van der Waals surface area (Å²) in [6.07, 6.45) is 67.4. The van der Waals surface area contributed by atoms with Crippen LogP contribution in [0.5, 0.6) is 0 Å². The molecule has 2 atom stereocenters. The lowest BCUT2D eigenvalue weighted by Crippen LogP contribution is -2.45. The molecule has 0 aliphatic rings. The smallest absolute Gasteiger partial charge is 0.305 e. The minimum Gasteiger partial charge on any atom is -0.466 e. The fraction of sp³-hybridized carbons (Fsp3) is 0.864. The average molecular weight is 915 g/mol. The Morgan fingerprint density at radius 2 is 0.785 bits per heavy atom. The van der Waals surface area contributed by atoms with Crippen LogP contribution in [0.3, 0.4) is 0 Å². The highest BCUT2D eigenvalue weighted by Crippen LogP contribution is 2.17. The Morgan fingerprint density at radius 1 is 0.431 bits per heavy atom. The van der Waals surface area contributed by atoms with Gasteiger partial charge in [0.25, 0.3) is 0 Å². The number of amides is 1. The van der Waals surface area contributed by atoms with E-state index in [2.05, 4.69) is 43.5 Å². The third-order valence-electron chi connectivity index (χ3n) is 13.2. The fourth-order valence-electron chi connectivity index (χ4n) is 8.71. The molecule has 0 bridgehead atoms. The normalized spacial score (nSPS) is 12.9. The lowest BCUT2D eigenvalue weighted by molar-refractivity contribution is -0.143. The van der Waals surface area contributed by atoms with Crippen molar-refractivity contribution < 1.29 is 24.5 Å². The van der Waals surface area contributed by atoms with Crippen molar-refractivity contribution >= 4 is 11.9 Å². The molecule has 0 radical (unpaired) electrons. The van der Waals surface area contributed by atoms with E-state index in [4.69, 9.17) is 4.74 Å². The third kappa shape index (κ3) is 51.3. The van der Waals surface area contributed by atoms with Crippen LogP contribution in [0, 0.1) is 0 Å². The Hall–Kier alpha value is -1.92. The van der Waals surface area contributed by atoms with Gasteiger partial charge in [-0.05, 0) is 57.8 Å². The van der Waals surface area contributed by atoms with Crippen LogP contribution in [0.15, 0.2) is 36.5 Å². The van der Waals surface area contributed by atoms with Crippen molar-refractivity contribution in [3.05, 3.63) is 36.5 Å². The zero-order valence-corrected chi connectivity index (χ0v) is 43.5. The average Bonchev–Trinajstić information content (AvgIpc) is 3.31. The maximum Gasteiger partial charge on any atom is 0.305 e. The van der Waals surface area contributed by atoms with Crippen molar-refractivity contribution in [1.82, 2.24) is 5.32 Å². The summed E-state index contributed by atoms with van der Waals surface area (Å²) in [5, 5.41) is 23.2. The van der Waals surface area contributed by atoms with Crippen LogP contribution in [-0.4, -0.2) is 47.4 Å². The first-order chi connectivity index (χ1) is 32.0. The van der Waals surface area contributed by atoms with Gasteiger partial charge in [0.05, 0.1) is 25.4 Å². The molecule has 3 N–H and O–H groups in total. The van der Waals surface area contributed by atoms with Crippen molar-refractivity contribution in [1.29, 1.82) is 0 Å². The maximum absolute atomic E-state index is 12.5. The van der Waals surface area contributed by atoms with Gasteiger partial charge >= 0.3 is 5.97 Å². The maximum atomic E-state index is 12.5. The molecule has 0 aliphatic carbocycles. The molecule has 6 heteroatoms. The van der Waals surface area contributed by atoms with Gasteiger partial charge < -0.3 is 20.3 Å². The Kier molecular flexibility index (Phi) is 53.1. The van der Waals surface area contributed by atoms with Gasteiger partial charge in [-0.25, -0.2) is 0 Å². The Balaban J connectivity index is 3.52. The number of carbonyl (C=O) groups excluding carboxylic acids is 2. The number of hydrogen-bond donors (Lipinski definition) is 3. The van der Waals surface area contributed by atoms with Gasteiger partial charge in [-0.1, -0.05) is 269 Å². The highest BCUT2D eigenvalue weighted by Gasteiger charge is 2.18. The minimum absolute atomic E-state index is 0.0414. The monoisotopic (exact) mass is 914 g/mol. The molecule has 0 saturated carbocycles. The zero-order chi connectivity index (χ0) is 47.2. The second-order valence-electron chi connectivity index (χ2n) is 19.6. The van der Waals surface area contributed by atoms with Crippen molar-refractivity contribution in [2.24, 2.45) is 0 Å². The van der Waals surface area contributed by atoms with E-state index in [0.717, 1.165) is 70.6 Å². The topological polar surface area (TPSA) is 95.9 Å². The molecule has 65 heavy (non-hydrogen) atoms. The second-order valence-corrected chi connectivity index (χ2v) is 19.6. The number of nitrogens with one attached hydrogen (secondary N) is 1. The number of esters is 1. The van der Waals surface area contributed by atoms with E-state index < -0.39 is 12.1 Å². The Labute approximate surface area is 404 Å². The molecule has 1 amide bonds. The van der Waals surface area contributed by atoms with Crippen molar-refractivity contribution in [3.8, 4) is 0 Å². The first-order valence-corrected chi connectivity index (χ1v) is 28.8. The molecule has 0 fully saturated rings. The van der Waals surface area contributed by atoms with Crippen LogP contribution in [0.2, 0.25) is 0 Å². The fourth-order valence-corrected chi connectivity index (χ4v) is 8.71. The Morgan fingerprint density at radius 3 is 1.22 bits per heavy atom. The number of rotatable bonds is 53. The summed E-state index contributed by atoms with van der Waals surface area (Å²) in [5.41, 5.74) is 0. The van der Waals surface area contributed by atoms with Crippen molar-refractivity contribution in [2.75, 3.05) is 13.2 Å². The first-order valence-electron chi connectivity index (χ1n) is 28.8. The lowest BCUT2D eigenvalue weighted by atomic mass is 10.0. The molecule has 2 unspecified atom stereocenters. The summed E-state index contributed by atoms with van der Waals surface area (Å²) < 4.78 is 5.44. The molecule has 0 heterocycles. The summed E-state index contributed by atoms with van der Waals surface area (Å²) >= 11 is 0. The van der Waals surface area contributed by atoms with Gasteiger partial charge in [-0.15, -0.1) is 0 Å². The van der Waals surface area contributed by atoms with Gasteiger partial charge in [0.1, 0.15) is 0 Å². The van der Waals surface area contributed by atoms with E-state index in [1.54, 1.807) is 6.08 Å². The quantitative estimate of drug-likeness (QED) is 0.0321. The number of aliphatic hydroxyl groups excluding tert-OH is 2. The minimum atomic E-state index is -0.865. The van der Waals surface area contributed by atoms with E-state index in [9.17, 15) is 19.8 Å². The summed E-state index contributed by atoms with van der Waals surface area (Å²) in [6, 6.07) is -0.651. The van der Waals surface area contributed by atoms with Gasteiger partial charge in [-0.2, -0.15) is 0 Å². The molecule has 0 aliphatic heterocycles.